The van der Waals surface area contributed by atoms with Crippen molar-refractivity contribution in [1.82, 2.24) is 4.98 Å². The second kappa shape index (κ2) is 3.47. The summed E-state index contributed by atoms with van der Waals surface area (Å²) in [4.78, 5) is 5.87. The lowest BCUT2D eigenvalue weighted by Crippen LogP contribution is -2.20. The van der Waals surface area contributed by atoms with Crippen molar-refractivity contribution in [3.05, 3.63) is 24.3 Å². The smallest absolute Gasteiger partial charge is 0.214 e. The minimum atomic E-state index is -0.373. The van der Waals surface area contributed by atoms with Gasteiger partial charge < -0.3 is 4.90 Å². The molecule has 0 radical (unpaired) electrons. The molecule has 80 valence electrons. The lowest BCUT2D eigenvalue weighted by atomic mass is 10.0. The Morgan fingerprint density at radius 1 is 1.27 bits per heavy atom. The van der Waals surface area contributed by atoms with Gasteiger partial charge in [-0.3, -0.25) is 0 Å². The molecular formula is C12H15FN2. The van der Waals surface area contributed by atoms with Crippen LogP contribution >= 0.6 is 0 Å². The molecule has 0 spiro atoms. The molecule has 1 aliphatic heterocycles. The summed E-state index contributed by atoms with van der Waals surface area (Å²) in [7, 11) is 0. The Balaban J connectivity index is 1.72. The van der Waals surface area contributed by atoms with Crippen LogP contribution in [0.1, 0.15) is 19.3 Å². The highest BCUT2D eigenvalue weighted by Gasteiger charge is 2.35. The largest absolute Gasteiger partial charge is 0.371 e. The standard InChI is InChI=1S/C12H15FN2/c13-12-7-11(3-5-14-12)15-6-4-10(8-15)9-1-2-9/h3,5,7,9-10H,1-2,4,6,8H2. The minimum absolute atomic E-state index is 0.373. The number of nitrogens with zero attached hydrogens (tertiary/aromatic N) is 2. The first-order valence-electron chi connectivity index (χ1n) is 5.69. The molecule has 1 unspecified atom stereocenters. The third kappa shape index (κ3) is 1.83. The van der Waals surface area contributed by atoms with Gasteiger partial charge in [-0.25, -0.2) is 4.98 Å². The maximum atomic E-state index is 13.0. The van der Waals surface area contributed by atoms with E-state index in [1.54, 1.807) is 6.20 Å². The highest BCUT2D eigenvalue weighted by Crippen LogP contribution is 2.42. The van der Waals surface area contributed by atoms with Gasteiger partial charge in [0.25, 0.3) is 0 Å². The molecule has 1 saturated heterocycles. The molecule has 1 aromatic rings. The van der Waals surface area contributed by atoms with E-state index in [4.69, 9.17) is 0 Å². The van der Waals surface area contributed by atoms with Crippen LogP contribution in [0.3, 0.4) is 0 Å². The first kappa shape index (κ1) is 9.13. The van der Waals surface area contributed by atoms with Crippen molar-refractivity contribution in [2.75, 3.05) is 18.0 Å². The quantitative estimate of drug-likeness (QED) is 0.691. The average molecular weight is 206 g/mol. The highest BCUT2D eigenvalue weighted by atomic mass is 19.1. The zero-order valence-corrected chi connectivity index (χ0v) is 8.69. The highest BCUT2D eigenvalue weighted by molar-refractivity contribution is 5.46. The number of halogens is 1. The molecule has 1 aromatic heterocycles. The summed E-state index contributed by atoms with van der Waals surface area (Å²) in [5, 5.41) is 0. The van der Waals surface area contributed by atoms with Crippen molar-refractivity contribution < 1.29 is 4.39 Å². The first-order valence-corrected chi connectivity index (χ1v) is 5.69. The number of anilines is 1. The van der Waals surface area contributed by atoms with Gasteiger partial charge in [0.05, 0.1) is 0 Å². The van der Waals surface area contributed by atoms with Crippen LogP contribution < -0.4 is 4.90 Å². The zero-order chi connectivity index (χ0) is 10.3. The number of hydrogen-bond donors (Lipinski definition) is 0. The Morgan fingerprint density at radius 3 is 2.87 bits per heavy atom. The van der Waals surface area contributed by atoms with E-state index in [9.17, 15) is 4.39 Å². The van der Waals surface area contributed by atoms with Gasteiger partial charge in [-0.2, -0.15) is 4.39 Å². The maximum absolute atomic E-state index is 13.0. The topological polar surface area (TPSA) is 16.1 Å². The van der Waals surface area contributed by atoms with Gasteiger partial charge in [0.1, 0.15) is 0 Å². The number of pyridine rings is 1. The molecule has 2 heterocycles. The maximum Gasteiger partial charge on any atom is 0.214 e. The van der Waals surface area contributed by atoms with Gasteiger partial charge in [-0.1, -0.05) is 0 Å². The Hall–Kier alpha value is -1.12. The van der Waals surface area contributed by atoms with E-state index >= 15 is 0 Å². The first-order chi connectivity index (χ1) is 7.33. The molecule has 2 fully saturated rings. The summed E-state index contributed by atoms with van der Waals surface area (Å²) in [6, 6.07) is 3.44. The third-order valence-corrected chi connectivity index (χ3v) is 3.59. The third-order valence-electron chi connectivity index (χ3n) is 3.59. The summed E-state index contributed by atoms with van der Waals surface area (Å²) < 4.78 is 13.0. The van der Waals surface area contributed by atoms with E-state index in [2.05, 4.69) is 9.88 Å². The van der Waals surface area contributed by atoms with Crippen molar-refractivity contribution in [2.24, 2.45) is 11.8 Å². The Morgan fingerprint density at radius 2 is 2.13 bits per heavy atom. The van der Waals surface area contributed by atoms with Gasteiger partial charge in [0.15, 0.2) is 0 Å². The van der Waals surface area contributed by atoms with Crippen molar-refractivity contribution >= 4 is 5.69 Å². The number of hydrogen-bond acceptors (Lipinski definition) is 2. The molecule has 1 aliphatic carbocycles. The lowest BCUT2D eigenvalue weighted by Gasteiger charge is -2.18. The van der Waals surface area contributed by atoms with Crippen molar-refractivity contribution in [1.29, 1.82) is 0 Å². The van der Waals surface area contributed by atoms with Crippen molar-refractivity contribution in [2.45, 2.75) is 19.3 Å². The summed E-state index contributed by atoms with van der Waals surface area (Å²) in [6.45, 7) is 2.18. The molecule has 1 atom stereocenters. The molecule has 3 heteroatoms. The summed E-state index contributed by atoms with van der Waals surface area (Å²) in [5.41, 5.74) is 0.991. The fourth-order valence-corrected chi connectivity index (χ4v) is 2.56. The fourth-order valence-electron chi connectivity index (χ4n) is 2.56. The van der Waals surface area contributed by atoms with E-state index in [0.717, 1.165) is 30.6 Å². The summed E-state index contributed by atoms with van der Waals surface area (Å²) >= 11 is 0. The van der Waals surface area contributed by atoms with Crippen LogP contribution in [0.2, 0.25) is 0 Å². The number of rotatable bonds is 2. The van der Waals surface area contributed by atoms with E-state index < -0.39 is 0 Å². The molecule has 0 bridgehead atoms. The molecule has 0 amide bonds. The van der Waals surface area contributed by atoms with Crippen LogP contribution in [0.4, 0.5) is 10.1 Å². The van der Waals surface area contributed by atoms with Gasteiger partial charge in [0, 0.05) is 31.0 Å². The molecule has 2 nitrogen and oxygen atoms in total. The number of aromatic nitrogens is 1. The van der Waals surface area contributed by atoms with E-state index in [0.29, 0.717) is 0 Å². The normalized spacial score (nSPS) is 25.9. The average Bonchev–Trinajstić information content (AvgIpc) is 2.97. The van der Waals surface area contributed by atoms with E-state index in [1.807, 2.05) is 6.07 Å². The van der Waals surface area contributed by atoms with E-state index in [1.165, 1.54) is 25.3 Å². The molecule has 2 aliphatic rings. The molecular weight excluding hydrogens is 191 g/mol. The molecule has 0 N–H and O–H groups in total. The predicted molar refractivity (Wildman–Crippen MR) is 57.2 cm³/mol. The van der Waals surface area contributed by atoms with Gasteiger partial charge >= 0.3 is 0 Å². The van der Waals surface area contributed by atoms with Crippen molar-refractivity contribution in [3.63, 3.8) is 0 Å². The van der Waals surface area contributed by atoms with Gasteiger partial charge in [-0.15, -0.1) is 0 Å². The van der Waals surface area contributed by atoms with Gasteiger partial charge in [0.2, 0.25) is 5.95 Å². The SMILES string of the molecule is Fc1cc(N2CCC(C3CC3)C2)ccn1. The van der Waals surface area contributed by atoms with Crippen LogP contribution in [-0.4, -0.2) is 18.1 Å². The van der Waals surface area contributed by atoms with Crippen LogP contribution in [-0.2, 0) is 0 Å². The molecule has 15 heavy (non-hydrogen) atoms. The van der Waals surface area contributed by atoms with E-state index in [-0.39, 0.29) is 5.95 Å². The summed E-state index contributed by atoms with van der Waals surface area (Å²) in [6.07, 6.45) is 5.64. The van der Waals surface area contributed by atoms with Crippen LogP contribution in [0.5, 0.6) is 0 Å². The van der Waals surface area contributed by atoms with Crippen molar-refractivity contribution in [3.8, 4) is 0 Å². The van der Waals surface area contributed by atoms with Crippen LogP contribution in [0, 0.1) is 17.8 Å². The van der Waals surface area contributed by atoms with Gasteiger partial charge in [-0.05, 0) is 37.2 Å². The summed E-state index contributed by atoms with van der Waals surface area (Å²) in [5.74, 6) is 1.44. The minimum Gasteiger partial charge on any atom is -0.371 e. The second-order valence-electron chi connectivity index (χ2n) is 4.67. The van der Waals surface area contributed by atoms with Crippen LogP contribution in [0.15, 0.2) is 18.3 Å². The Labute approximate surface area is 89.1 Å². The Kier molecular flexibility index (Phi) is 2.11. The predicted octanol–water partition coefficient (Wildman–Crippen LogP) is 2.46. The monoisotopic (exact) mass is 206 g/mol. The fraction of sp³-hybridized carbons (Fsp3) is 0.583. The molecule has 3 rings (SSSR count). The van der Waals surface area contributed by atoms with Crippen LogP contribution in [0.25, 0.3) is 0 Å². The Bertz CT molecular complexity index is 362. The lowest BCUT2D eigenvalue weighted by molar-refractivity contribution is 0.514. The molecule has 0 aromatic carbocycles. The zero-order valence-electron chi connectivity index (χ0n) is 8.69. The molecule has 1 saturated carbocycles. The second-order valence-corrected chi connectivity index (χ2v) is 4.67.